The first kappa shape index (κ1) is 15.8. The minimum absolute atomic E-state index is 0.247. The molecule has 4 nitrogen and oxygen atoms in total. The number of rotatable bonds is 5. The van der Waals surface area contributed by atoms with E-state index >= 15 is 0 Å². The summed E-state index contributed by atoms with van der Waals surface area (Å²) in [5.41, 5.74) is 1.01. The van der Waals surface area contributed by atoms with Gasteiger partial charge in [-0.25, -0.2) is 4.79 Å². The van der Waals surface area contributed by atoms with Crippen LogP contribution in [0.3, 0.4) is 0 Å². The van der Waals surface area contributed by atoms with E-state index in [1.165, 1.54) is 0 Å². The number of nitrogens with zero attached hydrogens (tertiary/aromatic N) is 1. The predicted molar refractivity (Wildman–Crippen MR) is 84.1 cm³/mol. The SMILES string of the molecule is CC(C)CN1CCC(NC(=O)OCc2ccccc2)CC1. The third-order valence-electron chi connectivity index (χ3n) is 3.75. The number of carbonyl (C=O) groups excluding carboxylic acids is 1. The number of benzene rings is 1. The van der Waals surface area contributed by atoms with Gasteiger partial charge in [-0.2, -0.15) is 0 Å². The normalized spacial score (nSPS) is 16.9. The van der Waals surface area contributed by atoms with Crippen molar-refractivity contribution in [3.8, 4) is 0 Å². The molecular formula is C17H26N2O2. The highest BCUT2D eigenvalue weighted by Gasteiger charge is 2.21. The number of amides is 1. The van der Waals surface area contributed by atoms with Crippen LogP contribution in [-0.4, -0.2) is 36.7 Å². The zero-order valence-corrected chi connectivity index (χ0v) is 13.0. The average Bonchev–Trinajstić information content (AvgIpc) is 2.48. The Morgan fingerprint density at radius 2 is 1.95 bits per heavy atom. The summed E-state index contributed by atoms with van der Waals surface area (Å²) in [6, 6.07) is 10.0. The van der Waals surface area contributed by atoms with E-state index in [0.29, 0.717) is 12.5 Å². The molecule has 0 radical (unpaired) electrons. The van der Waals surface area contributed by atoms with E-state index < -0.39 is 0 Å². The lowest BCUT2D eigenvalue weighted by Gasteiger charge is -2.33. The Kier molecular flexibility index (Phi) is 6.05. The van der Waals surface area contributed by atoms with E-state index in [1.54, 1.807) is 0 Å². The Hall–Kier alpha value is -1.55. The van der Waals surface area contributed by atoms with Crippen LogP contribution < -0.4 is 5.32 Å². The molecule has 1 aromatic rings. The molecule has 21 heavy (non-hydrogen) atoms. The van der Waals surface area contributed by atoms with Crippen LogP contribution >= 0.6 is 0 Å². The van der Waals surface area contributed by atoms with Crippen LogP contribution in [-0.2, 0) is 11.3 Å². The average molecular weight is 290 g/mol. The summed E-state index contributed by atoms with van der Waals surface area (Å²) in [5.74, 6) is 0.699. The third kappa shape index (κ3) is 5.76. The molecule has 0 spiro atoms. The quantitative estimate of drug-likeness (QED) is 0.906. The van der Waals surface area contributed by atoms with Gasteiger partial charge in [0, 0.05) is 25.7 Å². The summed E-state index contributed by atoms with van der Waals surface area (Å²) in [6.45, 7) is 8.07. The lowest BCUT2D eigenvalue weighted by Crippen LogP contribution is -2.45. The largest absolute Gasteiger partial charge is 0.445 e. The molecular weight excluding hydrogens is 264 g/mol. The molecule has 2 rings (SSSR count). The maximum absolute atomic E-state index is 11.8. The second-order valence-electron chi connectivity index (χ2n) is 6.17. The Labute approximate surface area is 127 Å². The summed E-state index contributed by atoms with van der Waals surface area (Å²) in [4.78, 5) is 14.3. The van der Waals surface area contributed by atoms with Crippen molar-refractivity contribution in [3.63, 3.8) is 0 Å². The number of carbonyl (C=O) groups is 1. The standard InChI is InChI=1S/C17H26N2O2/c1-14(2)12-19-10-8-16(9-11-19)18-17(20)21-13-15-6-4-3-5-7-15/h3-7,14,16H,8-13H2,1-2H3,(H,18,20). The van der Waals surface area contributed by atoms with Crippen LogP contribution in [0.25, 0.3) is 0 Å². The van der Waals surface area contributed by atoms with E-state index in [2.05, 4.69) is 24.1 Å². The Morgan fingerprint density at radius 1 is 1.29 bits per heavy atom. The van der Waals surface area contributed by atoms with Crippen molar-refractivity contribution in [2.75, 3.05) is 19.6 Å². The lowest BCUT2D eigenvalue weighted by molar-refractivity contribution is 0.124. The number of ether oxygens (including phenoxy) is 1. The zero-order valence-electron chi connectivity index (χ0n) is 13.0. The number of hydrogen-bond donors (Lipinski definition) is 1. The first-order valence-electron chi connectivity index (χ1n) is 7.83. The van der Waals surface area contributed by atoms with Gasteiger partial charge in [0.2, 0.25) is 0 Å². The molecule has 1 aromatic carbocycles. The van der Waals surface area contributed by atoms with Gasteiger partial charge >= 0.3 is 6.09 Å². The molecule has 0 atom stereocenters. The van der Waals surface area contributed by atoms with Crippen molar-refractivity contribution in [2.24, 2.45) is 5.92 Å². The van der Waals surface area contributed by atoms with Crippen molar-refractivity contribution in [3.05, 3.63) is 35.9 Å². The molecule has 1 heterocycles. The molecule has 1 aliphatic heterocycles. The summed E-state index contributed by atoms with van der Waals surface area (Å²) >= 11 is 0. The number of hydrogen-bond acceptors (Lipinski definition) is 3. The molecule has 0 aromatic heterocycles. The van der Waals surface area contributed by atoms with E-state index in [-0.39, 0.29) is 12.1 Å². The molecule has 1 fully saturated rings. The molecule has 1 amide bonds. The van der Waals surface area contributed by atoms with Crippen molar-refractivity contribution in [1.29, 1.82) is 0 Å². The number of alkyl carbamates (subject to hydrolysis) is 1. The van der Waals surface area contributed by atoms with Crippen LogP contribution in [0.5, 0.6) is 0 Å². The summed E-state index contributed by atoms with van der Waals surface area (Å²) < 4.78 is 5.26. The van der Waals surface area contributed by atoms with Crippen LogP contribution in [0.4, 0.5) is 4.79 Å². The Bertz CT molecular complexity index is 426. The second kappa shape index (κ2) is 8.03. The molecule has 0 aliphatic carbocycles. The van der Waals surface area contributed by atoms with Crippen LogP contribution in [0.1, 0.15) is 32.3 Å². The molecule has 116 valence electrons. The second-order valence-corrected chi connectivity index (χ2v) is 6.17. The summed E-state index contributed by atoms with van der Waals surface area (Å²) in [6.07, 6.45) is 1.71. The van der Waals surface area contributed by atoms with Crippen LogP contribution in [0, 0.1) is 5.92 Å². The fourth-order valence-electron chi connectivity index (χ4n) is 2.71. The topological polar surface area (TPSA) is 41.6 Å². The van der Waals surface area contributed by atoms with E-state index in [9.17, 15) is 4.79 Å². The number of likely N-dealkylation sites (tertiary alicyclic amines) is 1. The predicted octanol–water partition coefficient (Wildman–Crippen LogP) is 3.03. The highest BCUT2D eigenvalue weighted by atomic mass is 16.5. The van der Waals surface area contributed by atoms with Crippen molar-refractivity contribution in [2.45, 2.75) is 39.3 Å². The van der Waals surface area contributed by atoms with E-state index in [4.69, 9.17) is 4.74 Å². The first-order valence-corrected chi connectivity index (χ1v) is 7.83. The Morgan fingerprint density at radius 3 is 2.57 bits per heavy atom. The van der Waals surface area contributed by atoms with Crippen molar-refractivity contribution >= 4 is 6.09 Å². The Balaban J connectivity index is 1.65. The number of piperidine rings is 1. The van der Waals surface area contributed by atoms with Crippen LogP contribution in [0.15, 0.2) is 30.3 Å². The van der Waals surface area contributed by atoms with Gasteiger partial charge < -0.3 is 15.0 Å². The zero-order chi connectivity index (χ0) is 15.1. The van der Waals surface area contributed by atoms with Gasteiger partial charge in [-0.1, -0.05) is 44.2 Å². The van der Waals surface area contributed by atoms with Gasteiger partial charge in [-0.3, -0.25) is 0 Å². The van der Waals surface area contributed by atoms with Gasteiger partial charge in [0.15, 0.2) is 0 Å². The minimum Gasteiger partial charge on any atom is -0.445 e. The summed E-state index contributed by atoms with van der Waals surface area (Å²) in [7, 11) is 0. The van der Waals surface area contributed by atoms with Gasteiger partial charge in [-0.05, 0) is 24.3 Å². The summed E-state index contributed by atoms with van der Waals surface area (Å²) in [5, 5.41) is 2.98. The van der Waals surface area contributed by atoms with Crippen molar-refractivity contribution < 1.29 is 9.53 Å². The maximum atomic E-state index is 11.8. The fourth-order valence-corrected chi connectivity index (χ4v) is 2.71. The van der Waals surface area contributed by atoms with Gasteiger partial charge in [-0.15, -0.1) is 0 Å². The smallest absolute Gasteiger partial charge is 0.407 e. The molecule has 1 N–H and O–H groups in total. The highest BCUT2D eigenvalue weighted by Crippen LogP contribution is 2.12. The molecule has 4 heteroatoms. The van der Waals surface area contributed by atoms with E-state index in [1.807, 2.05) is 30.3 Å². The van der Waals surface area contributed by atoms with E-state index in [0.717, 1.165) is 38.0 Å². The molecule has 0 unspecified atom stereocenters. The van der Waals surface area contributed by atoms with Gasteiger partial charge in [0.05, 0.1) is 0 Å². The molecule has 0 saturated carbocycles. The fraction of sp³-hybridized carbons (Fsp3) is 0.588. The maximum Gasteiger partial charge on any atom is 0.407 e. The highest BCUT2D eigenvalue weighted by molar-refractivity contribution is 5.67. The molecule has 1 saturated heterocycles. The van der Waals surface area contributed by atoms with Crippen molar-refractivity contribution in [1.82, 2.24) is 10.2 Å². The van der Waals surface area contributed by atoms with Gasteiger partial charge in [0.1, 0.15) is 6.61 Å². The minimum atomic E-state index is -0.304. The monoisotopic (exact) mass is 290 g/mol. The van der Waals surface area contributed by atoms with Crippen LogP contribution in [0.2, 0.25) is 0 Å². The lowest BCUT2D eigenvalue weighted by atomic mass is 10.0. The van der Waals surface area contributed by atoms with Gasteiger partial charge in [0.25, 0.3) is 0 Å². The number of nitrogens with one attached hydrogen (secondary N) is 1. The first-order chi connectivity index (χ1) is 10.1. The molecule has 1 aliphatic rings. The molecule has 0 bridgehead atoms. The third-order valence-corrected chi connectivity index (χ3v) is 3.75.